The number of likely N-dealkylation sites (tertiary alicyclic amines) is 1. The van der Waals surface area contributed by atoms with Crippen molar-refractivity contribution in [3.63, 3.8) is 0 Å². The van der Waals surface area contributed by atoms with E-state index in [9.17, 15) is 4.79 Å². The van der Waals surface area contributed by atoms with Crippen molar-refractivity contribution in [2.75, 3.05) is 20.2 Å². The molecule has 7 nitrogen and oxygen atoms in total. The van der Waals surface area contributed by atoms with Crippen molar-refractivity contribution in [3.05, 3.63) is 65.9 Å². The number of carbonyl (C=O) groups is 1. The second kappa shape index (κ2) is 8.31. The Morgan fingerprint density at radius 1 is 1.25 bits per heavy atom. The molecule has 28 heavy (non-hydrogen) atoms. The number of hydrogen-bond donors (Lipinski definition) is 0. The lowest BCUT2D eigenvalue weighted by molar-refractivity contribution is 0.0600. The van der Waals surface area contributed by atoms with Gasteiger partial charge in [-0.3, -0.25) is 14.9 Å². The van der Waals surface area contributed by atoms with Crippen LogP contribution in [-0.2, 0) is 17.7 Å². The zero-order valence-electron chi connectivity index (χ0n) is 15.7. The maximum Gasteiger partial charge on any atom is 0.339 e. The number of nitrogens with zero attached hydrogens (tertiary/aromatic N) is 4. The summed E-state index contributed by atoms with van der Waals surface area (Å²) in [5.74, 6) is 1.04. The standard InChI is InChI=1S/C21H22N4O3/c1-27-21(26)18-9-16(11-23-12-18)8-15-4-7-25(13-15)14-19-10-20(24-28-19)17-2-5-22-6-3-17/h2-3,5-6,9-12,15H,4,7-8,13-14H2,1H3. The average Bonchev–Trinajstić information content (AvgIpc) is 3.38. The lowest BCUT2D eigenvalue weighted by Gasteiger charge is -2.14. The van der Waals surface area contributed by atoms with Crippen LogP contribution in [0.5, 0.6) is 0 Å². The summed E-state index contributed by atoms with van der Waals surface area (Å²) in [7, 11) is 1.38. The van der Waals surface area contributed by atoms with Gasteiger partial charge in [-0.1, -0.05) is 5.16 Å². The summed E-state index contributed by atoms with van der Waals surface area (Å²) >= 11 is 0. The first-order chi connectivity index (χ1) is 13.7. The van der Waals surface area contributed by atoms with Crippen LogP contribution in [0.1, 0.15) is 28.1 Å². The predicted molar refractivity (Wildman–Crippen MR) is 102 cm³/mol. The largest absolute Gasteiger partial charge is 0.465 e. The maximum atomic E-state index is 11.7. The van der Waals surface area contributed by atoms with Gasteiger partial charge in [0.15, 0.2) is 5.76 Å². The molecule has 3 aromatic heterocycles. The topological polar surface area (TPSA) is 81.4 Å². The molecule has 144 valence electrons. The Labute approximate surface area is 163 Å². The van der Waals surface area contributed by atoms with Gasteiger partial charge < -0.3 is 9.26 Å². The molecular weight excluding hydrogens is 356 g/mol. The van der Waals surface area contributed by atoms with E-state index in [1.54, 1.807) is 18.6 Å². The molecule has 0 N–H and O–H groups in total. The van der Waals surface area contributed by atoms with Crippen LogP contribution >= 0.6 is 0 Å². The monoisotopic (exact) mass is 378 g/mol. The van der Waals surface area contributed by atoms with Crippen LogP contribution < -0.4 is 0 Å². The Kier molecular flexibility index (Phi) is 5.43. The fourth-order valence-corrected chi connectivity index (χ4v) is 3.65. The van der Waals surface area contributed by atoms with Crippen LogP contribution in [0.4, 0.5) is 0 Å². The van der Waals surface area contributed by atoms with Gasteiger partial charge in [0.05, 0.1) is 19.2 Å². The first-order valence-corrected chi connectivity index (χ1v) is 9.32. The van der Waals surface area contributed by atoms with E-state index < -0.39 is 0 Å². The van der Waals surface area contributed by atoms with E-state index >= 15 is 0 Å². The molecule has 1 unspecified atom stereocenters. The Balaban J connectivity index is 1.34. The molecule has 1 aliphatic heterocycles. The maximum absolute atomic E-state index is 11.7. The molecule has 1 fully saturated rings. The molecule has 7 heteroatoms. The molecule has 0 bridgehead atoms. The van der Waals surface area contributed by atoms with Gasteiger partial charge in [-0.25, -0.2) is 4.79 Å². The zero-order valence-corrected chi connectivity index (χ0v) is 15.7. The average molecular weight is 378 g/mol. The molecule has 1 atom stereocenters. The third kappa shape index (κ3) is 4.26. The van der Waals surface area contributed by atoms with Gasteiger partial charge in [-0.05, 0) is 49.1 Å². The number of pyridine rings is 2. The fourth-order valence-electron chi connectivity index (χ4n) is 3.65. The highest BCUT2D eigenvalue weighted by Crippen LogP contribution is 2.24. The van der Waals surface area contributed by atoms with Crippen LogP contribution in [0.3, 0.4) is 0 Å². The van der Waals surface area contributed by atoms with E-state index in [1.165, 1.54) is 7.11 Å². The van der Waals surface area contributed by atoms with Crippen molar-refractivity contribution in [2.24, 2.45) is 5.92 Å². The van der Waals surface area contributed by atoms with Gasteiger partial charge in [0.1, 0.15) is 5.69 Å². The molecule has 3 aromatic rings. The molecule has 0 aromatic carbocycles. The first-order valence-electron chi connectivity index (χ1n) is 9.32. The summed E-state index contributed by atoms with van der Waals surface area (Å²) in [6.07, 6.45) is 8.87. The number of esters is 1. The Bertz CT molecular complexity index is 942. The van der Waals surface area contributed by atoms with Crippen LogP contribution in [-0.4, -0.2) is 46.2 Å². The SMILES string of the molecule is COC(=O)c1cncc(CC2CCN(Cc3cc(-c4ccncc4)no3)C2)c1. The molecule has 0 amide bonds. The Hall–Kier alpha value is -3.06. The lowest BCUT2D eigenvalue weighted by atomic mass is 9.99. The van der Waals surface area contributed by atoms with Crippen molar-refractivity contribution < 1.29 is 14.1 Å². The molecule has 0 radical (unpaired) electrons. The van der Waals surface area contributed by atoms with Crippen LogP contribution in [0.2, 0.25) is 0 Å². The van der Waals surface area contributed by atoms with Gasteiger partial charge in [0, 0.05) is 43.0 Å². The highest BCUT2D eigenvalue weighted by Gasteiger charge is 2.24. The van der Waals surface area contributed by atoms with Crippen LogP contribution in [0.15, 0.2) is 53.6 Å². The minimum atomic E-state index is -0.349. The van der Waals surface area contributed by atoms with E-state index in [0.717, 1.165) is 55.1 Å². The van der Waals surface area contributed by atoms with E-state index in [-0.39, 0.29) is 5.97 Å². The second-order valence-corrected chi connectivity index (χ2v) is 7.08. The Morgan fingerprint density at radius 2 is 2.11 bits per heavy atom. The van der Waals surface area contributed by atoms with Crippen molar-refractivity contribution in [2.45, 2.75) is 19.4 Å². The molecule has 0 aliphatic carbocycles. The van der Waals surface area contributed by atoms with Gasteiger partial charge in [0.25, 0.3) is 0 Å². The minimum Gasteiger partial charge on any atom is -0.465 e. The smallest absolute Gasteiger partial charge is 0.339 e. The quantitative estimate of drug-likeness (QED) is 0.610. The number of rotatable bonds is 6. The van der Waals surface area contributed by atoms with E-state index in [0.29, 0.717) is 11.5 Å². The number of carbonyl (C=O) groups excluding carboxylic acids is 1. The zero-order chi connectivity index (χ0) is 19.3. The van der Waals surface area contributed by atoms with Gasteiger partial charge in [-0.15, -0.1) is 0 Å². The summed E-state index contributed by atoms with van der Waals surface area (Å²) in [6, 6.07) is 7.71. The predicted octanol–water partition coefficient (Wildman–Crippen LogP) is 2.98. The second-order valence-electron chi connectivity index (χ2n) is 7.08. The number of ether oxygens (including phenoxy) is 1. The van der Waals surface area contributed by atoms with E-state index in [2.05, 4.69) is 20.0 Å². The van der Waals surface area contributed by atoms with Gasteiger partial charge in [-0.2, -0.15) is 0 Å². The summed E-state index contributed by atoms with van der Waals surface area (Å²) in [6.45, 7) is 2.74. The van der Waals surface area contributed by atoms with Crippen LogP contribution in [0.25, 0.3) is 11.3 Å². The molecule has 4 heterocycles. The fraction of sp³-hybridized carbons (Fsp3) is 0.333. The Morgan fingerprint density at radius 3 is 2.93 bits per heavy atom. The van der Waals surface area contributed by atoms with Crippen molar-refractivity contribution in [3.8, 4) is 11.3 Å². The van der Waals surface area contributed by atoms with Gasteiger partial charge >= 0.3 is 5.97 Å². The summed E-state index contributed by atoms with van der Waals surface area (Å²) < 4.78 is 10.3. The van der Waals surface area contributed by atoms with Crippen LogP contribution in [0, 0.1) is 5.92 Å². The first kappa shape index (κ1) is 18.3. The summed E-state index contributed by atoms with van der Waals surface area (Å²) in [5.41, 5.74) is 3.40. The molecule has 1 saturated heterocycles. The highest BCUT2D eigenvalue weighted by atomic mass is 16.5. The number of aromatic nitrogens is 3. The molecule has 4 rings (SSSR count). The van der Waals surface area contributed by atoms with Crippen molar-refractivity contribution in [1.29, 1.82) is 0 Å². The minimum absolute atomic E-state index is 0.349. The number of hydrogen-bond acceptors (Lipinski definition) is 7. The third-order valence-corrected chi connectivity index (χ3v) is 5.02. The highest BCUT2D eigenvalue weighted by molar-refractivity contribution is 5.89. The molecule has 1 aliphatic rings. The van der Waals surface area contributed by atoms with Gasteiger partial charge in [0.2, 0.25) is 0 Å². The van der Waals surface area contributed by atoms with E-state index in [4.69, 9.17) is 9.26 Å². The summed E-state index contributed by atoms with van der Waals surface area (Å²) in [5, 5.41) is 4.17. The normalized spacial score (nSPS) is 17.0. The molecule has 0 spiro atoms. The van der Waals surface area contributed by atoms with Crippen molar-refractivity contribution in [1.82, 2.24) is 20.0 Å². The van der Waals surface area contributed by atoms with Crippen molar-refractivity contribution >= 4 is 5.97 Å². The number of methoxy groups -OCH3 is 1. The lowest BCUT2D eigenvalue weighted by Crippen LogP contribution is -2.20. The van der Waals surface area contributed by atoms with E-state index in [1.807, 2.05) is 30.5 Å². The third-order valence-electron chi connectivity index (χ3n) is 5.02. The summed E-state index contributed by atoms with van der Waals surface area (Å²) in [4.78, 5) is 22.2. The molecular formula is C21H22N4O3. The molecule has 0 saturated carbocycles.